The molecule has 4 heteroatoms. The van der Waals surface area contributed by atoms with E-state index in [0.717, 1.165) is 26.3 Å². The fourth-order valence-corrected chi connectivity index (χ4v) is 9.24. The van der Waals surface area contributed by atoms with E-state index in [4.69, 9.17) is 0 Å². The van der Waals surface area contributed by atoms with E-state index in [0.29, 0.717) is 0 Å². The van der Waals surface area contributed by atoms with Crippen LogP contribution in [0.3, 0.4) is 0 Å². The van der Waals surface area contributed by atoms with Gasteiger partial charge in [0.15, 0.2) is 0 Å². The van der Waals surface area contributed by atoms with Gasteiger partial charge in [-0.1, -0.05) is 0 Å². The molecule has 0 bridgehead atoms. The van der Waals surface area contributed by atoms with Crippen molar-refractivity contribution in [1.82, 2.24) is 0 Å². The predicted molar refractivity (Wildman–Crippen MR) is 67.6 cm³/mol. The van der Waals surface area contributed by atoms with Gasteiger partial charge in [-0.3, -0.25) is 0 Å². The van der Waals surface area contributed by atoms with Gasteiger partial charge in [0, 0.05) is 0 Å². The molecule has 0 unspecified atom stereocenters. The second-order valence-corrected chi connectivity index (χ2v) is 11.7. The Morgan fingerprint density at radius 2 is 1.36 bits per heavy atom. The molecule has 0 radical (unpaired) electrons. The molecule has 0 aliphatic carbocycles. The summed E-state index contributed by atoms with van der Waals surface area (Å²) >= 11 is 5.31. The molecule has 0 saturated heterocycles. The van der Waals surface area contributed by atoms with E-state index in [1.807, 2.05) is 22.7 Å². The van der Waals surface area contributed by atoms with Crippen LogP contribution in [-0.4, -0.2) is 26.3 Å². The normalized spacial score (nSPS) is 10.6. The first-order valence-corrected chi connectivity index (χ1v) is 12.9. The molecule has 2 rings (SSSR count). The van der Waals surface area contributed by atoms with Crippen LogP contribution in [0.1, 0.15) is 11.1 Å². The quantitative estimate of drug-likeness (QED) is 0.574. The average molecular weight is 352 g/mol. The summed E-state index contributed by atoms with van der Waals surface area (Å²) in [6, 6.07) is 4.51. The Morgan fingerprint density at radius 1 is 0.857 bits per heavy atom. The van der Waals surface area contributed by atoms with Gasteiger partial charge in [0.25, 0.3) is 0 Å². The molecule has 0 aromatic carbocycles. The summed E-state index contributed by atoms with van der Waals surface area (Å²) in [5.41, 5.74) is 3.09. The van der Waals surface area contributed by atoms with Crippen LogP contribution in [-0.2, 0) is 10.6 Å². The Bertz CT molecular complexity index is 304. The van der Waals surface area contributed by atoms with E-state index in [1.54, 1.807) is 11.1 Å². The van der Waals surface area contributed by atoms with Crippen molar-refractivity contribution >= 4 is 48.9 Å². The Hall–Kier alpha value is 0.439. The van der Waals surface area contributed by atoms with Crippen LogP contribution in [0.5, 0.6) is 0 Å². The molecular weight excluding hydrogens is 342 g/mol. The van der Waals surface area contributed by atoms with Crippen LogP contribution in [0.4, 0.5) is 0 Å². The molecule has 0 saturated carbocycles. The standard InChI is InChI=1S/C10H10S2Se2/c1-3-11-5-9(1)7-13-14-8-10-2-4-12-6-10/h1-6H,7-8H2. The maximum absolute atomic E-state index is 2.28. The van der Waals surface area contributed by atoms with E-state index in [2.05, 4.69) is 33.7 Å². The van der Waals surface area contributed by atoms with Gasteiger partial charge in [-0.2, -0.15) is 0 Å². The van der Waals surface area contributed by atoms with Gasteiger partial charge in [0.05, 0.1) is 0 Å². The Kier molecular flexibility index (Phi) is 4.78. The summed E-state index contributed by atoms with van der Waals surface area (Å²) in [4.78, 5) is 0. The summed E-state index contributed by atoms with van der Waals surface area (Å²) in [6.45, 7) is 0. The molecule has 2 heterocycles. The predicted octanol–water partition coefficient (Wildman–Crippen LogP) is 2.83. The van der Waals surface area contributed by atoms with Crippen LogP contribution in [0.15, 0.2) is 33.7 Å². The van der Waals surface area contributed by atoms with Crippen molar-refractivity contribution in [3.05, 3.63) is 44.8 Å². The van der Waals surface area contributed by atoms with Crippen LogP contribution in [0.25, 0.3) is 0 Å². The number of rotatable bonds is 5. The minimum atomic E-state index is 0.843. The summed E-state index contributed by atoms with van der Waals surface area (Å²) < 4.78 is 0. The fraction of sp³-hybridized carbons (Fsp3) is 0.200. The maximum atomic E-state index is 2.28. The van der Waals surface area contributed by atoms with Gasteiger partial charge in [-0.05, 0) is 0 Å². The van der Waals surface area contributed by atoms with Crippen molar-refractivity contribution in [3.8, 4) is 0 Å². The van der Waals surface area contributed by atoms with Crippen LogP contribution >= 0.6 is 22.7 Å². The first kappa shape index (κ1) is 10.9. The average Bonchev–Trinajstić information content (AvgIpc) is 2.86. The van der Waals surface area contributed by atoms with Gasteiger partial charge in [0.1, 0.15) is 0 Å². The van der Waals surface area contributed by atoms with Gasteiger partial charge in [-0.25, -0.2) is 0 Å². The third kappa shape index (κ3) is 3.54. The monoisotopic (exact) mass is 354 g/mol. The van der Waals surface area contributed by atoms with Crippen molar-refractivity contribution in [2.45, 2.75) is 10.6 Å². The zero-order valence-electron chi connectivity index (χ0n) is 7.51. The first-order chi connectivity index (χ1) is 6.95. The molecule has 0 nitrogen and oxygen atoms in total. The van der Waals surface area contributed by atoms with E-state index >= 15 is 0 Å². The molecule has 14 heavy (non-hydrogen) atoms. The number of thiophene rings is 2. The van der Waals surface area contributed by atoms with Gasteiger partial charge in [0.2, 0.25) is 0 Å². The minimum absolute atomic E-state index is 0.843. The topological polar surface area (TPSA) is 0 Å². The van der Waals surface area contributed by atoms with Crippen LogP contribution in [0.2, 0.25) is 0 Å². The first-order valence-electron chi connectivity index (χ1n) is 4.22. The van der Waals surface area contributed by atoms with Crippen molar-refractivity contribution in [2.24, 2.45) is 0 Å². The number of hydrogen-bond acceptors (Lipinski definition) is 2. The zero-order chi connectivity index (χ0) is 9.64. The second-order valence-electron chi connectivity index (χ2n) is 2.79. The summed E-state index contributed by atoms with van der Waals surface area (Å²) in [5, 5.41) is 11.6. The fourth-order valence-electron chi connectivity index (χ4n) is 0.969. The van der Waals surface area contributed by atoms with E-state index in [9.17, 15) is 0 Å². The zero-order valence-corrected chi connectivity index (χ0v) is 12.6. The molecule has 0 N–H and O–H groups in total. The summed E-state index contributed by atoms with van der Waals surface area (Å²) in [6.07, 6.45) is 0. The molecular formula is C10H10S2Se2. The van der Waals surface area contributed by atoms with Crippen molar-refractivity contribution in [1.29, 1.82) is 0 Å². The third-order valence-electron chi connectivity index (χ3n) is 1.69. The van der Waals surface area contributed by atoms with E-state index in [-0.39, 0.29) is 0 Å². The van der Waals surface area contributed by atoms with Gasteiger partial charge < -0.3 is 0 Å². The summed E-state index contributed by atoms with van der Waals surface area (Å²) in [7, 11) is 0. The second kappa shape index (κ2) is 6.12. The molecule has 0 atom stereocenters. The molecule has 2 aromatic rings. The van der Waals surface area contributed by atoms with Crippen molar-refractivity contribution < 1.29 is 0 Å². The van der Waals surface area contributed by atoms with Crippen LogP contribution < -0.4 is 0 Å². The summed E-state index contributed by atoms with van der Waals surface area (Å²) in [5.74, 6) is 0. The molecule has 74 valence electrons. The Labute approximate surface area is 104 Å². The van der Waals surface area contributed by atoms with Gasteiger partial charge in [-0.15, -0.1) is 0 Å². The van der Waals surface area contributed by atoms with Crippen LogP contribution in [0, 0.1) is 0 Å². The van der Waals surface area contributed by atoms with E-state index in [1.165, 1.54) is 10.6 Å². The van der Waals surface area contributed by atoms with Crippen molar-refractivity contribution in [2.75, 3.05) is 0 Å². The Morgan fingerprint density at radius 3 is 1.71 bits per heavy atom. The molecule has 0 spiro atoms. The third-order valence-corrected chi connectivity index (χ3v) is 9.79. The molecule has 0 amide bonds. The molecule has 0 aliphatic rings. The molecule has 2 aromatic heterocycles. The van der Waals surface area contributed by atoms with E-state index < -0.39 is 0 Å². The molecule has 0 fully saturated rings. The number of hydrogen-bond donors (Lipinski definition) is 0. The molecule has 0 aliphatic heterocycles. The SMILES string of the molecule is c1cc(C[Se][Se]Cc2ccsc2)cs1. The van der Waals surface area contributed by atoms with Crippen molar-refractivity contribution in [3.63, 3.8) is 0 Å². The Balaban J connectivity index is 1.65. The van der Waals surface area contributed by atoms with Gasteiger partial charge >= 0.3 is 104 Å².